The molecule has 0 atom stereocenters. The third kappa shape index (κ3) is 2.60. The monoisotopic (exact) mass is 247 g/mol. The van der Waals surface area contributed by atoms with E-state index in [1.165, 1.54) is 11.8 Å². The van der Waals surface area contributed by atoms with Crippen LogP contribution < -0.4 is 5.32 Å². The molecule has 4 nitrogen and oxygen atoms in total. The highest BCUT2D eigenvalue weighted by atomic mass is 32.2. The number of carbonyl (C=O) groups excluding carboxylic acids is 2. The summed E-state index contributed by atoms with van der Waals surface area (Å²) in [7, 11) is 0. The first-order valence-corrected chi connectivity index (χ1v) is 5.86. The molecule has 0 unspecified atom stereocenters. The molecule has 1 aliphatic rings. The van der Waals surface area contributed by atoms with Gasteiger partial charge in [-0.25, -0.2) is 4.79 Å². The lowest BCUT2D eigenvalue weighted by Crippen LogP contribution is -2.19. The predicted octanol–water partition coefficient (Wildman–Crippen LogP) is 1.52. The van der Waals surface area contributed by atoms with E-state index in [1.807, 2.05) is 0 Å². The zero-order valence-electron chi connectivity index (χ0n) is 8.86. The fraction of sp³-hybridized carbons (Fsp3) is 0.167. The number of carbonyl (C=O) groups is 2. The van der Waals surface area contributed by atoms with E-state index in [9.17, 15) is 9.59 Å². The first-order chi connectivity index (χ1) is 8.20. The average Bonchev–Trinajstić information content (AvgIpc) is 2.35. The summed E-state index contributed by atoms with van der Waals surface area (Å²) < 4.78 is 4.80. The van der Waals surface area contributed by atoms with Gasteiger partial charge in [-0.15, -0.1) is 18.2 Å². The van der Waals surface area contributed by atoms with E-state index in [0.29, 0.717) is 17.0 Å². The molecule has 17 heavy (non-hydrogen) atoms. The van der Waals surface area contributed by atoms with Crippen molar-refractivity contribution in [2.45, 2.75) is 4.90 Å². The Morgan fingerprint density at radius 3 is 3.18 bits per heavy atom. The maximum atomic E-state index is 11.5. The Morgan fingerprint density at radius 1 is 1.59 bits per heavy atom. The minimum absolute atomic E-state index is 0.0585. The number of esters is 1. The van der Waals surface area contributed by atoms with Gasteiger partial charge in [0.25, 0.3) is 0 Å². The lowest BCUT2D eigenvalue weighted by molar-refractivity contribution is -0.113. The van der Waals surface area contributed by atoms with Crippen molar-refractivity contribution < 1.29 is 14.3 Å². The summed E-state index contributed by atoms with van der Waals surface area (Å²) in [6, 6.07) is 5.03. The van der Waals surface area contributed by atoms with Crippen molar-refractivity contribution in [3.63, 3.8) is 0 Å². The number of anilines is 1. The molecule has 0 bridgehead atoms. The summed E-state index contributed by atoms with van der Waals surface area (Å²) >= 11 is 1.44. The second kappa shape index (κ2) is 4.93. The van der Waals surface area contributed by atoms with Crippen LogP contribution in [0, 0.1) is 12.3 Å². The van der Waals surface area contributed by atoms with Gasteiger partial charge in [-0.3, -0.25) is 4.79 Å². The molecule has 5 heteroatoms. The molecule has 2 rings (SSSR count). The quantitative estimate of drug-likeness (QED) is 0.636. The SMILES string of the molecule is C#CCOC(=O)c1ccc2c(c1)NC(=O)CS2. The smallest absolute Gasteiger partial charge is 0.339 e. The third-order valence-electron chi connectivity index (χ3n) is 2.13. The van der Waals surface area contributed by atoms with E-state index >= 15 is 0 Å². The molecular weight excluding hydrogens is 238 g/mol. The van der Waals surface area contributed by atoms with Crippen LogP contribution in [0.2, 0.25) is 0 Å². The van der Waals surface area contributed by atoms with Crippen molar-refractivity contribution in [3.8, 4) is 12.3 Å². The Bertz CT molecular complexity index is 519. The van der Waals surface area contributed by atoms with Gasteiger partial charge in [0.05, 0.1) is 17.0 Å². The van der Waals surface area contributed by atoms with Crippen LogP contribution in [-0.2, 0) is 9.53 Å². The molecule has 1 aromatic carbocycles. The fourth-order valence-electron chi connectivity index (χ4n) is 1.40. The number of rotatable bonds is 2. The normalized spacial score (nSPS) is 13.2. The highest BCUT2D eigenvalue weighted by Crippen LogP contribution is 2.32. The minimum Gasteiger partial charge on any atom is -0.449 e. The molecule has 1 N–H and O–H groups in total. The first kappa shape index (κ1) is 11.6. The van der Waals surface area contributed by atoms with Crippen LogP contribution in [0.15, 0.2) is 23.1 Å². The molecular formula is C12H9NO3S. The molecule has 1 amide bonds. The molecule has 0 fully saturated rings. The van der Waals surface area contributed by atoms with Crippen molar-refractivity contribution >= 4 is 29.3 Å². The zero-order chi connectivity index (χ0) is 12.3. The van der Waals surface area contributed by atoms with E-state index in [4.69, 9.17) is 11.2 Å². The molecule has 0 spiro atoms. The van der Waals surface area contributed by atoms with E-state index in [-0.39, 0.29) is 12.5 Å². The van der Waals surface area contributed by atoms with E-state index < -0.39 is 5.97 Å². The Kier molecular flexibility index (Phi) is 3.35. The summed E-state index contributed by atoms with van der Waals surface area (Å²) in [6.07, 6.45) is 5.00. The maximum Gasteiger partial charge on any atom is 0.339 e. The highest BCUT2D eigenvalue weighted by Gasteiger charge is 2.17. The average molecular weight is 247 g/mol. The largest absolute Gasteiger partial charge is 0.449 e. The van der Waals surface area contributed by atoms with Gasteiger partial charge in [0.1, 0.15) is 0 Å². The van der Waals surface area contributed by atoms with Gasteiger partial charge in [0.15, 0.2) is 6.61 Å². The minimum atomic E-state index is -0.490. The number of amides is 1. The Hall–Kier alpha value is -1.93. The number of fused-ring (bicyclic) bond motifs is 1. The van der Waals surface area contributed by atoms with Gasteiger partial charge in [-0.2, -0.15) is 0 Å². The van der Waals surface area contributed by atoms with Gasteiger partial charge in [-0.05, 0) is 18.2 Å². The third-order valence-corrected chi connectivity index (χ3v) is 3.21. The molecule has 86 valence electrons. The second-order valence-electron chi connectivity index (χ2n) is 3.33. The van der Waals surface area contributed by atoms with Crippen LogP contribution in [0.1, 0.15) is 10.4 Å². The molecule has 1 aliphatic heterocycles. The molecule has 1 heterocycles. The van der Waals surface area contributed by atoms with E-state index in [0.717, 1.165) is 4.90 Å². The van der Waals surface area contributed by atoms with E-state index in [2.05, 4.69) is 11.2 Å². The van der Waals surface area contributed by atoms with Gasteiger partial charge in [-0.1, -0.05) is 5.92 Å². The first-order valence-electron chi connectivity index (χ1n) is 4.88. The zero-order valence-corrected chi connectivity index (χ0v) is 9.67. The second-order valence-corrected chi connectivity index (χ2v) is 4.35. The Morgan fingerprint density at radius 2 is 2.41 bits per heavy atom. The number of hydrogen-bond acceptors (Lipinski definition) is 4. The molecule has 0 saturated heterocycles. The summed E-state index contributed by atoms with van der Waals surface area (Å²) in [5.41, 5.74) is 1.02. The maximum absolute atomic E-state index is 11.5. The van der Waals surface area contributed by atoms with Crippen LogP contribution in [0.25, 0.3) is 0 Å². The summed E-state index contributed by atoms with van der Waals surface area (Å²) in [6.45, 7) is -0.0585. The molecule has 1 aromatic rings. The summed E-state index contributed by atoms with van der Waals surface area (Å²) in [5.74, 6) is 2.05. The standard InChI is InChI=1S/C12H9NO3S/c1-2-5-16-12(15)8-3-4-10-9(6-8)13-11(14)7-17-10/h1,3-4,6H,5,7H2,(H,13,14). The van der Waals surface area contributed by atoms with Crippen molar-refractivity contribution in [3.05, 3.63) is 23.8 Å². The predicted molar refractivity (Wildman–Crippen MR) is 64.9 cm³/mol. The van der Waals surface area contributed by atoms with Gasteiger partial charge >= 0.3 is 5.97 Å². The Balaban J connectivity index is 2.21. The van der Waals surface area contributed by atoms with Gasteiger partial charge in [0, 0.05) is 4.90 Å². The number of nitrogens with one attached hydrogen (secondary N) is 1. The highest BCUT2D eigenvalue weighted by molar-refractivity contribution is 8.00. The lowest BCUT2D eigenvalue weighted by Gasteiger charge is -2.16. The molecule has 0 saturated carbocycles. The van der Waals surface area contributed by atoms with Crippen LogP contribution in [0.5, 0.6) is 0 Å². The summed E-state index contributed by atoms with van der Waals surface area (Å²) in [5, 5.41) is 2.70. The lowest BCUT2D eigenvalue weighted by atomic mass is 10.2. The molecule has 0 aliphatic carbocycles. The van der Waals surface area contributed by atoms with Crippen LogP contribution in [0.3, 0.4) is 0 Å². The summed E-state index contributed by atoms with van der Waals surface area (Å²) in [4.78, 5) is 23.7. The molecule has 0 radical (unpaired) electrons. The Labute approximate surface area is 103 Å². The van der Waals surface area contributed by atoms with Gasteiger partial charge in [0.2, 0.25) is 5.91 Å². The number of terminal acetylenes is 1. The molecule has 0 aromatic heterocycles. The van der Waals surface area contributed by atoms with E-state index in [1.54, 1.807) is 18.2 Å². The van der Waals surface area contributed by atoms with Crippen molar-refractivity contribution in [1.29, 1.82) is 0 Å². The van der Waals surface area contributed by atoms with Crippen molar-refractivity contribution in [1.82, 2.24) is 0 Å². The topological polar surface area (TPSA) is 55.4 Å². The van der Waals surface area contributed by atoms with Crippen LogP contribution in [-0.4, -0.2) is 24.2 Å². The number of thioether (sulfide) groups is 1. The fourth-order valence-corrected chi connectivity index (χ4v) is 2.19. The number of hydrogen-bond donors (Lipinski definition) is 1. The van der Waals surface area contributed by atoms with Crippen molar-refractivity contribution in [2.24, 2.45) is 0 Å². The van der Waals surface area contributed by atoms with Gasteiger partial charge < -0.3 is 10.1 Å². The number of benzene rings is 1. The van der Waals surface area contributed by atoms with Crippen LogP contribution in [0.4, 0.5) is 5.69 Å². The number of ether oxygens (including phenoxy) is 1. The van der Waals surface area contributed by atoms with Crippen LogP contribution >= 0.6 is 11.8 Å². The van der Waals surface area contributed by atoms with Crippen molar-refractivity contribution in [2.75, 3.05) is 17.7 Å².